The fraction of sp³-hybridized carbons (Fsp3) is 0.360. The zero-order valence-electron chi connectivity index (χ0n) is 19.8. The molecule has 0 saturated carbocycles. The van der Waals surface area contributed by atoms with Gasteiger partial charge in [-0.1, -0.05) is 23.8 Å². The van der Waals surface area contributed by atoms with Gasteiger partial charge in [-0.05, 0) is 39.2 Å². The predicted octanol–water partition coefficient (Wildman–Crippen LogP) is 3.00. The van der Waals surface area contributed by atoms with Crippen LogP contribution < -0.4 is 14.2 Å². The Bertz CT molecular complexity index is 1090. The van der Waals surface area contributed by atoms with Gasteiger partial charge in [0.2, 0.25) is 0 Å². The van der Waals surface area contributed by atoms with Gasteiger partial charge in [0.1, 0.15) is 11.5 Å². The second kappa shape index (κ2) is 9.95. The lowest BCUT2D eigenvalue weighted by molar-refractivity contribution is -0.140. The summed E-state index contributed by atoms with van der Waals surface area (Å²) in [5.41, 5.74) is 1.74. The fourth-order valence-corrected chi connectivity index (χ4v) is 4.02. The lowest BCUT2D eigenvalue weighted by Crippen LogP contribution is -2.35. The van der Waals surface area contributed by atoms with Crippen LogP contribution in [0.3, 0.4) is 0 Å². The first-order valence-electron chi connectivity index (χ1n) is 10.5. The lowest BCUT2D eigenvalue weighted by Gasteiger charge is -2.28. The normalized spacial score (nSPS) is 17.5. The Balaban J connectivity index is 2.30. The number of para-hydroxylation sites is 1. The minimum absolute atomic E-state index is 0.0193. The van der Waals surface area contributed by atoms with Crippen molar-refractivity contribution < 1.29 is 28.9 Å². The van der Waals surface area contributed by atoms with Gasteiger partial charge in [-0.25, -0.2) is 0 Å². The maximum Gasteiger partial charge on any atom is 0.295 e. The molecular formula is C25H30N2O6. The first kappa shape index (κ1) is 24.1. The molecule has 1 amide bonds. The molecule has 0 radical (unpaired) electrons. The van der Waals surface area contributed by atoms with E-state index in [-0.39, 0.29) is 17.9 Å². The summed E-state index contributed by atoms with van der Waals surface area (Å²) in [6.45, 7) is 2.68. The Morgan fingerprint density at radius 2 is 1.73 bits per heavy atom. The van der Waals surface area contributed by atoms with Crippen LogP contribution in [-0.4, -0.2) is 75.1 Å². The molecule has 0 bridgehead atoms. The number of Topliss-reactive ketones (excluding diaryl/α,β-unsaturated/α-hetero) is 1. The molecule has 1 atom stereocenters. The summed E-state index contributed by atoms with van der Waals surface area (Å²) in [5, 5.41) is 11.4. The molecule has 1 saturated heterocycles. The number of rotatable bonds is 8. The maximum atomic E-state index is 13.3. The Hall–Kier alpha value is -3.52. The number of nitrogens with zero attached hydrogens (tertiary/aromatic N) is 2. The van der Waals surface area contributed by atoms with Gasteiger partial charge in [0.15, 0.2) is 11.5 Å². The maximum absolute atomic E-state index is 13.3. The van der Waals surface area contributed by atoms with Gasteiger partial charge in [0.25, 0.3) is 11.7 Å². The number of ketones is 1. The van der Waals surface area contributed by atoms with Crippen molar-refractivity contribution in [3.05, 3.63) is 58.7 Å². The molecule has 0 aromatic heterocycles. The third-order valence-corrected chi connectivity index (χ3v) is 5.67. The average Bonchev–Trinajstić information content (AvgIpc) is 3.06. The van der Waals surface area contributed by atoms with Gasteiger partial charge >= 0.3 is 0 Å². The van der Waals surface area contributed by atoms with Crippen LogP contribution >= 0.6 is 0 Å². The van der Waals surface area contributed by atoms with E-state index in [4.69, 9.17) is 14.2 Å². The minimum Gasteiger partial charge on any atom is -0.507 e. The number of methoxy groups -OCH3 is 3. The van der Waals surface area contributed by atoms with E-state index < -0.39 is 17.7 Å². The summed E-state index contributed by atoms with van der Waals surface area (Å²) in [4.78, 5) is 29.8. The van der Waals surface area contributed by atoms with E-state index in [9.17, 15) is 14.7 Å². The van der Waals surface area contributed by atoms with E-state index >= 15 is 0 Å². The highest BCUT2D eigenvalue weighted by Gasteiger charge is 2.47. The van der Waals surface area contributed by atoms with Gasteiger partial charge in [-0.3, -0.25) is 9.59 Å². The number of aliphatic hydroxyl groups excluding tert-OH is 1. The molecule has 8 nitrogen and oxygen atoms in total. The highest BCUT2D eigenvalue weighted by Crippen LogP contribution is 2.46. The van der Waals surface area contributed by atoms with Gasteiger partial charge < -0.3 is 29.1 Å². The molecule has 1 unspecified atom stereocenters. The van der Waals surface area contributed by atoms with Crippen molar-refractivity contribution in [3.8, 4) is 17.2 Å². The number of hydrogen-bond donors (Lipinski definition) is 1. The molecule has 0 aliphatic carbocycles. The number of ether oxygens (including phenoxy) is 3. The largest absolute Gasteiger partial charge is 0.507 e. The number of likely N-dealkylation sites (tertiary alicyclic amines) is 1. The number of benzene rings is 2. The number of amides is 1. The second-order valence-corrected chi connectivity index (χ2v) is 8.08. The van der Waals surface area contributed by atoms with Crippen LogP contribution in [0.25, 0.3) is 5.76 Å². The molecule has 2 aromatic rings. The van der Waals surface area contributed by atoms with Crippen molar-refractivity contribution in [1.82, 2.24) is 9.80 Å². The molecule has 3 rings (SSSR count). The van der Waals surface area contributed by atoms with E-state index in [2.05, 4.69) is 0 Å². The zero-order valence-corrected chi connectivity index (χ0v) is 19.8. The van der Waals surface area contributed by atoms with Crippen LogP contribution in [0.1, 0.15) is 22.7 Å². The van der Waals surface area contributed by atoms with Crippen molar-refractivity contribution in [2.45, 2.75) is 13.0 Å². The van der Waals surface area contributed by atoms with Crippen molar-refractivity contribution in [3.63, 3.8) is 0 Å². The molecule has 8 heteroatoms. The summed E-state index contributed by atoms with van der Waals surface area (Å²) in [6, 6.07) is 9.68. The molecule has 2 aromatic carbocycles. The van der Waals surface area contributed by atoms with Crippen LogP contribution in [0.2, 0.25) is 0 Å². The lowest BCUT2D eigenvalue weighted by atomic mass is 9.93. The van der Waals surface area contributed by atoms with E-state index in [0.717, 1.165) is 5.56 Å². The summed E-state index contributed by atoms with van der Waals surface area (Å²) in [5.74, 6) is -0.486. The smallest absolute Gasteiger partial charge is 0.295 e. The number of aliphatic hydroxyl groups is 1. The summed E-state index contributed by atoms with van der Waals surface area (Å²) in [7, 11) is 8.27. The summed E-state index contributed by atoms with van der Waals surface area (Å²) < 4.78 is 16.5. The van der Waals surface area contributed by atoms with E-state index in [1.807, 2.05) is 32.0 Å². The van der Waals surface area contributed by atoms with Crippen LogP contribution in [-0.2, 0) is 9.59 Å². The van der Waals surface area contributed by atoms with Crippen molar-refractivity contribution in [2.24, 2.45) is 0 Å². The van der Waals surface area contributed by atoms with Crippen molar-refractivity contribution in [2.75, 3.05) is 48.5 Å². The first-order chi connectivity index (χ1) is 15.7. The topological polar surface area (TPSA) is 88.5 Å². The monoisotopic (exact) mass is 454 g/mol. The predicted molar refractivity (Wildman–Crippen MR) is 125 cm³/mol. The Labute approximate surface area is 194 Å². The van der Waals surface area contributed by atoms with Gasteiger partial charge in [0.05, 0.1) is 38.5 Å². The third kappa shape index (κ3) is 4.52. The summed E-state index contributed by atoms with van der Waals surface area (Å²) >= 11 is 0. The van der Waals surface area contributed by atoms with Gasteiger partial charge in [-0.2, -0.15) is 0 Å². The minimum atomic E-state index is -0.861. The highest BCUT2D eigenvalue weighted by molar-refractivity contribution is 6.46. The molecule has 1 N–H and O–H groups in total. The van der Waals surface area contributed by atoms with E-state index in [1.54, 1.807) is 30.3 Å². The molecule has 1 aliphatic heterocycles. The highest BCUT2D eigenvalue weighted by atomic mass is 16.5. The first-order valence-corrected chi connectivity index (χ1v) is 10.5. The Morgan fingerprint density at radius 1 is 1.03 bits per heavy atom. The fourth-order valence-electron chi connectivity index (χ4n) is 4.02. The average molecular weight is 455 g/mol. The molecule has 1 heterocycles. The number of aryl methyl sites for hydroxylation is 1. The number of hydrogen-bond acceptors (Lipinski definition) is 7. The van der Waals surface area contributed by atoms with Crippen molar-refractivity contribution in [1.29, 1.82) is 0 Å². The van der Waals surface area contributed by atoms with Gasteiger partial charge in [0, 0.05) is 18.7 Å². The number of carbonyl (C=O) groups is 2. The zero-order chi connectivity index (χ0) is 24.3. The Morgan fingerprint density at radius 3 is 2.33 bits per heavy atom. The van der Waals surface area contributed by atoms with Crippen LogP contribution in [0.4, 0.5) is 0 Å². The number of carbonyl (C=O) groups excluding carboxylic acids is 2. The molecule has 176 valence electrons. The number of likely N-dealkylation sites (N-methyl/N-ethyl adjacent to an activating group) is 1. The second-order valence-electron chi connectivity index (χ2n) is 8.08. The SMILES string of the molecule is COc1ccc(C)cc1/C(O)=C1\C(=O)C(=O)N(CCN(C)C)C1c1cccc(OC)c1OC. The molecule has 1 aliphatic rings. The molecule has 0 spiro atoms. The van der Waals surface area contributed by atoms with Gasteiger partial charge in [-0.15, -0.1) is 0 Å². The van der Waals surface area contributed by atoms with Crippen molar-refractivity contribution >= 4 is 17.4 Å². The molecule has 33 heavy (non-hydrogen) atoms. The molecule has 1 fully saturated rings. The standard InChI is InChI=1S/C25H30N2O6/c1-15-10-11-18(31-4)17(14-15)22(28)20-21(16-8-7-9-19(32-5)24(16)33-6)27(13-12-26(2)3)25(30)23(20)29/h7-11,14,21,28H,12-13H2,1-6H3/b22-20+. The van der Waals surface area contributed by atoms with E-state index in [0.29, 0.717) is 34.9 Å². The van der Waals surface area contributed by atoms with Crippen LogP contribution in [0, 0.1) is 6.92 Å². The quantitative estimate of drug-likeness (QED) is 0.373. The van der Waals surface area contributed by atoms with Crippen LogP contribution in [0.5, 0.6) is 17.2 Å². The third-order valence-electron chi connectivity index (χ3n) is 5.67. The van der Waals surface area contributed by atoms with Crippen LogP contribution in [0.15, 0.2) is 42.0 Å². The molecular weight excluding hydrogens is 424 g/mol. The Kier molecular flexibility index (Phi) is 7.28. The summed E-state index contributed by atoms with van der Waals surface area (Å²) in [6.07, 6.45) is 0. The van der Waals surface area contributed by atoms with E-state index in [1.165, 1.54) is 26.2 Å².